The van der Waals surface area contributed by atoms with Gasteiger partial charge in [-0.2, -0.15) is 10.1 Å². The quantitative estimate of drug-likeness (QED) is 0.434. The molecule has 2 aromatic carbocycles. The molecule has 0 bridgehead atoms. The van der Waals surface area contributed by atoms with Crippen molar-refractivity contribution in [3.05, 3.63) is 42.9 Å². The molecule has 10 nitrogen and oxygen atoms in total. The van der Waals surface area contributed by atoms with Crippen molar-refractivity contribution in [1.29, 1.82) is 0 Å². The molecule has 4 rings (SSSR count). The van der Waals surface area contributed by atoms with Crippen molar-refractivity contribution in [2.24, 2.45) is 0 Å². The van der Waals surface area contributed by atoms with E-state index < -0.39 is 0 Å². The lowest BCUT2D eigenvalue weighted by Gasteiger charge is -2.14. The van der Waals surface area contributed by atoms with E-state index in [-0.39, 0.29) is 0 Å². The summed E-state index contributed by atoms with van der Waals surface area (Å²) in [7, 11) is 4.67. The molecule has 148 valence electrons. The van der Waals surface area contributed by atoms with E-state index in [0.29, 0.717) is 34.8 Å². The molecule has 0 fully saturated rings. The maximum absolute atomic E-state index is 5.37. The highest BCUT2D eigenvalue weighted by molar-refractivity contribution is 5.82. The zero-order chi connectivity index (χ0) is 20.2. The van der Waals surface area contributed by atoms with E-state index in [2.05, 4.69) is 35.8 Å². The first-order valence-corrected chi connectivity index (χ1v) is 8.66. The van der Waals surface area contributed by atoms with Crippen LogP contribution in [0.1, 0.15) is 0 Å². The number of aromatic nitrogens is 5. The normalized spacial score (nSPS) is 10.6. The number of ether oxygens (including phenoxy) is 3. The van der Waals surface area contributed by atoms with Gasteiger partial charge in [-0.15, -0.1) is 0 Å². The van der Waals surface area contributed by atoms with Gasteiger partial charge < -0.3 is 24.8 Å². The number of hydrogen-bond donors (Lipinski definition) is 3. The van der Waals surface area contributed by atoms with Crippen LogP contribution in [0, 0.1) is 0 Å². The monoisotopic (exact) mass is 393 g/mol. The molecule has 0 aliphatic carbocycles. The number of anilines is 4. The summed E-state index contributed by atoms with van der Waals surface area (Å²) in [5.41, 5.74) is 2.47. The van der Waals surface area contributed by atoms with E-state index in [4.69, 9.17) is 14.2 Å². The highest BCUT2D eigenvalue weighted by Crippen LogP contribution is 2.40. The fourth-order valence-corrected chi connectivity index (χ4v) is 2.85. The van der Waals surface area contributed by atoms with Crippen molar-refractivity contribution in [3.63, 3.8) is 0 Å². The average molecular weight is 393 g/mol. The molecule has 2 aromatic heterocycles. The third-order valence-electron chi connectivity index (χ3n) is 4.19. The summed E-state index contributed by atoms with van der Waals surface area (Å²) >= 11 is 0. The summed E-state index contributed by atoms with van der Waals surface area (Å²) in [4.78, 5) is 12.7. The number of rotatable bonds is 7. The summed E-state index contributed by atoms with van der Waals surface area (Å²) in [5.74, 6) is 2.32. The first-order chi connectivity index (χ1) is 14.2. The lowest BCUT2D eigenvalue weighted by atomic mass is 10.2. The highest BCUT2D eigenvalue weighted by atomic mass is 16.5. The molecule has 0 aliphatic heterocycles. The number of benzene rings is 2. The lowest BCUT2D eigenvalue weighted by Crippen LogP contribution is -2.03. The van der Waals surface area contributed by atoms with Crippen molar-refractivity contribution in [2.75, 3.05) is 32.0 Å². The number of hydrogen-bond acceptors (Lipinski definition) is 9. The summed E-state index contributed by atoms with van der Waals surface area (Å²) in [6.45, 7) is 0. The van der Waals surface area contributed by atoms with Crippen LogP contribution < -0.4 is 24.8 Å². The molecule has 29 heavy (non-hydrogen) atoms. The Bertz CT molecular complexity index is 1120. The van der Waals surface area contributed by atoms with Gasteiger partial charge in [0.2, 0.25) is 17.6 Å². The Morgan fingerprint density at radius 1 is 0.828 bits per heavy atom. The molecular weight excluding hydrogens is 374 g/mol. The van der Waals surface area contributed by atoms with E-state index in [1.807, 2.05) is 18.2 Å². The van der Waals surface area contributed by atoms with Crippen molar-refractivity contribution in [2.45, 2.75) is 0 Å². The second-order valence-corrected chi connectivity index (χ2v) is 5.97. The Labute approximate surface area is 166 Å². The van der Waals surface area contributed by atoms with Crippen molar-refractivity contribution < 1.29 is 14.2 Å². The predicted molar refractivity (Wildman–Crippen MR) is 109 cm³/mol. The smallest absolute Gasteiger partial charge is 0.232 e. The van der Waals surface area contributed by atoms with Crippen LogP contribution in [0.2, 0.25) is 0 Å². The van der Waals surface area contributed by atoms with Crippen LogP contribution in [-0.2, 0) is 0 Å². The minimum atomic E-state index is 0.362. The molecule has 0 saturated heterocycles. The Morgan fingerprint density at radius 2 is 1.52 bits per heavy atom. The van der Waals surface area contributed by atoms with Crippen LogP contribution in [0.5, 0.6) is 17.2 Å². The van der Waals surface area contributed by atoms with Gasteiger partial charge in [-0.05, 0) is 18.2 Å². The summed E-state index contributed by atoms with van der Waals surface area (Å²) < 4.78 is 16.1. The maximum Gasteiger partial charge on any atom is 0.232 e. The second-order valence-electron chi connectivity index (χ2n) is 5.97. The SMILES string of the molecule is COc1cc(Nc2ncnc(Nc3ccc4[nH]ncc4c3)n2)cc(OC)c1OC. The van der Waals surface area contributed by atoms with Gasteiger partial charge in [0.1, 0.15) is 6.33 Å². The average Bonchev–Trinajstić information content (AvgIpc) is 3.21. The van der Waals surface area contributed by atoms with E-state index in [0.717, 1.165) is 16.6 Å². The van der Waals surface area contributed by atoms with Crippen molar-refractivity contribution >= 4 is 34.2 Å². The fraction of sp³-hybridized carbons (Fsp3) is 0.158. The minimum Gasteiger partial charge on any atom is -0.493 e. The van der Waals surface area contributed by atoms with Crippen LogP contribution >= 0.6 is 0 Å². The van der Waals surface area contributed by atoms with Crippen molar-refractivity contribution in [3.8, 4) is 17.2 Å². The number of aromatic amines is 1. The van der Waals surface area contributed by atoms with Gasteiger partial charge in [0.25, 0.3) is 0 Å². The Balaban J connectivity index is 1.57. The Kier molecular flexibility index (Phi) is 4.97. The van der Waals surface area contributed by atoms with Gasteiger partial charge in [0, 0.05) is 28.9 Å². The molecular formula is C19H19N7O3. The number of methoxy groups -OCH3 is 3. The molecule has 0 spiro atoms. The van der Waals surface area contributed by atoms with E-state index in [9.17, 15) is 0 Å². The molecule has 10 heteroatoms. The Hall–Kier alpha value is -4.08. The standard InChI is InChI=1S/C19H19N7O3/c1-27-15-7-13(8-16(28-2)17(15)29-3)24-19-21-10-20-18(25-19)23-12-4-5-14-11(6-12)9-22-26-14/h4-10H,1-3H3,(H,22,26)(H2,20,21,23,24,25). The molecule has 0 amide bonds. The van der Waals surface area contributed by atoms with Gasteiger partial charge in [0.05, 0.1) is 33.0 Å². The second kappa shape index (κ2) is 7.89. The largest absolute Gasteiger partial charge is 0.493 e. The molecule has 0 radical (unpaired) electrons. The highest BCUT2D eigenvalue weighted by Gasteiger charge is 2.14. The molecule has 0 unspecified atom stereocenters. The molecule has 0 aliphatic rings. The molecule has 3 N–H and O–H groups in total. The van der Waals surface area contributed by atoms with Crippen LogP contribution in [0.25, 0.3) is 10.9 Å². The van der Waals surface area contributed by atoms with E-state index in [1.165, 1.54) is 6.33 Å². The molecule has 2 heterocycles. The third kappa shape index (κ3) is 3.81. The van der Waals surface area contributed by atoms with Gasteiger partial charge in [-0.1, -0.05) is 0 Å². The lowest BCUT2D eigenvalue weighted by molar-refractivity contribution is 0.324. The summed E-state index contributed by atoms with van der Waals surface area (Å²) in [6, 6.07) is 9.34. The van der Waals surface area contributed by atoms with E-state index >= 15 is 0 Å². The maximum atomic E-state index is 5.37. The van der Waals surface area contributed by atoms with Gasteiger partial charge in [-0.25, -0.2) is 9.97 Å². The summed E-state index contributed by atoms with van der Waals surface area (Å²) in [5, 5.41) is 14.2. The van der Waals surface area contributed by atoms with Crippen LogP contribution in [0.3, 0.4) is 0 Å². The topological polar surface area (TPSA) is 119 Å². The van der Waals surface area contributed by atoms with Crippen LogP contribution in [-0.4, -0.2) is 46.5 Å². The van der Waals surface area contributed by atoms with E-state index in [1.54, 1.807) is 39.7 Å². The first-order valence-electron chi connectivity index (χ1n) is 8.66. The number of H-pyrrole nitrogens is 1. The fourth-order valence-electron chi connectivity index (χ4n) is 2.85. The molecule has 0 saturated carbocycles. The molecule has 0 atom stereocenters. The zero-order valence-electron chi connectivity index (χ0n) is 16.1. The molecule has 4 aromatic rings. The van der Waals surface area contributed by atoms with Gasteiger partial charge >= 0.3 is 0 Å². The number of nitrogens with one attached hydrogen (secondary N) is 3. The van der Waals surface area contributed by atoms with Crippen molar-refractivity contribution in [1.82, 2.24) is 25.1 Å². The minimum absolute atomic E-state index is 0.362. The van der Waals surface area contributed by atoms with Gasteiger partial charge in [0.15, 0.2) is 11.5 Å². The third-order valence-corrected chi connectivity index (χ3v) is 4.19. The van der Waals surface area contributed by atoms with Gasteiger partial charge in [-0.3, -0.25) is 5.10 Å². The van der Waals surface area contributed by atoms with Crippen LogP contribution in [0.15, 0.2) is 42.9 Å². The Morgan fingerprint density at radius 3 is 2.17 bits per heavy atom. The summed E-state index contributed by atoms with van der Waals surface area (Å²) in [6.07, 6.45) is 3.18. The first kappa shape index (κ1) is 18.3. The zero-order valence-corrected chi connectivity index (χ0v) is 16.1. The van der Waals surface area contributed by atoms with Crippen LogP contribution in [0.4, 0.5) is 23.3 Å². The predicted octanol–water partition coefficient (Wildman–Crippen LogP) is 3.26. The number of fused-ring (bicyclic) bond motifs is 1. The number of nitrogens with zero attached hydrogens (tertiary/aromatic N) is 4.